The van der Waals surface area contributed by atoms with Gasteiger partial charge in [0.25, 0.3) is 0 Å². The molecular formula is C18H25N3O. The van der Waals surface area contributed by atoms with Crippen molar-refractivity contribution in [3.8, 4) is 11.3 Å². The van der Waals surface area contributed by atoms with Crippen LogP contribution in [0.3, 0.4) is 0 Å². The van der Waals surface area contributed by atoms with Gasteiger partial charge in [-0.05, 0) is 39.3 Å². The monoisotopic (exact) mass is 299 g/mol. The maximum absolute atomic E-state index is 5.74. The van der Waals surface area contributed by atoms with E-state index in [9.17, 15) is 0 Å². The van der Waals surface area contributed by atoms with Gasteiger partial charge in [0.2, 0.25) is 0 Å². The van der Waals surface area contributed by atoms with Gasteiger partial charge in [-0.1, -0.05) is 41.4 Å². The van der Waals surface area contributed by atoms with Crippen molar-refractivity contribution < 1.29 is 4.52 Å². The van der Waals surface area contributed by atoms with Crippen LogP contribution in [0.1, 0.15) is 37.0 Å². The van der Waals surface area contributed by atoms with Crippen LogP contribution >= 0.6 is 0 Å². The third-order valence-corrected chi connectivity index (χ3v) is 4.51. The van der Waals surface area contributed by atoms with Crippen LogP contribution < -0.4 is 5.73 Å². The molecule has 1 fully saturated rings. The summed E-state index contributed by atoms with van der Waals surface area (Å²) in [6.45, 7) is 4.81. The molecule has 0 saturated carbocycles. The van der Waals surface area contributed by atoms with Crippen LogP contribution in [0.5, 0.6) is 0 Å². The molecular weight excluding hydrogens is 274 g/mol. The van der Waals surface area contributed by atoms with Crippen LogP contribution in [-0.2, 0) is 6.54 Å². The summed E-state index contributed by atoms with van der Waals surface area (Å²) in [6, 6.07) is 11.0. The van der Waals surface area contributed by atoms with Crippen LogP contribution in [0.15, 0.2) is 34.9 Å². The lowest BCUT2D eigenvalue weighted by molar-refractivity contribution is 0.121. The zero-order valence-electron chi connectivity index (χ0n) is 13.3. The van der Waals surface area contributed by atoms with Crippen molar-refractivity contribution in [1.82, 2.24) is 10.1 Å². The molecule has 1 atom stereocenters. The van der Waals surface area contributed by atoms with Gasteiger partial charge in [-0.2, -0.15) is 0 Å². The minimum Gasteiger partial charge on any atom is -0.359 e. The second kappa shape index (κ2) is 7.07. The van der Waals surface area contributed by atoms with Gasteiger partial charge in [0, 0.05) is 17.7 Å². The van der Waals surface area contributed by atoms with Crippen molar-refractivity contribution in [1.29, 1.82) is 0 Å². The van der Waals surface area contributed by atoms with E-state index < -0.39 is 0 Å². The second-order valence-electron chi connectivity index (χ2n) is 6.24. The van der Waals surface area contributed by atoms with E-state index >= 15 is 0 Å². The van der Waals surface area contributed by atoms with Gasteiger partial charge in [-0.25, -0.2) is 0 Å². The Balaban J connectivity index is 1.69. The number of nitrogens with zero attached hydrogens (tertiary/aromatic N) is 2. The van der Waals surface area contributed by atoms with Gasteiger partial charge < -0.3 is 10.3 Å². The Labute approximate surface area is 132 Å². The molecule has 22 heavy (non-hydrogen) atoms. The molecule has 0 aliphatic carbocycles. The predicted octanol–water partition coefficient (Wildman–Crippen LogP) is 3.35. The van der Waals surface area contributed by atoms with Crippen molar-refractivity contribution >= 4 is 0 Å². The normalized spacial score (nSPS) is 19.5. The average Bonchev–Trinajstić information content (AvgIpc) is 2.99. The molecule has 2 N–H and O–H groups in total. The zero-order valence-corrected chi connectivity index (χ0v) is 13.3. The predicted molar refractivity (Wildman–Crippen MR) is 88.4 cm³/mol. The molecule has 0 bridgehead atoms. The first-order valence-electron chi connectivity index (χ1n) is 8.23. The fraction of sp³-hybridized carbons (Fsp3) is 0.500. The molecule has 4 nitrogen and oxygen atoms in total. The van der Waals surface area contributed by atoms with Gasteiger partial charge in [0.05, 0.1) is 6.54 Å². The molecule has 1 aromatic carbocycles. The molecule has 1 saturated heterocycles. The lowest BCUT2D eigenvalue weighted by atomic mass is 9.99. The lowest BCUT2D eigenvalue weighted by Gasteiger charge is -2.34. The fourth-order valence-electron chi connectivity index (χ4n) is 3.24. The first-order valence-corrected chi connectivity index (χ1v) is 8.23. The molecule has 1 aliphatic rings. The number of hydrogen-bond donors (Lipinski definition) is 1. The van der Waals surface area contributed by atoms with E-state index in [2.05, 4.69) is 47.3 Å². The first kappa shape index (κ1) is 15.3. The highest BCUT2D eigenvalue weighted by atomic mass is 16.5. The first-order chi connectivity index (χ1) is 10.8. The number of hydrogen-bond acceptors (Lipinski definition) is 4. The van der Waals surface area contributed by atoms with E-state index in [4.69, 9.17) is 10.3 Å². The van der Waals surface area contributed by atoms with Crippen LogP contribution in [0.2, 0.25) is 0 Å². The molecule has 3 rings (SSSR count). The quantitative estimate of drug-likeness (QED) is 0.920. The number of nitrogens with two attached hydrogens (primary N) is 1. The van der Waals surface area contributed by atoms with Crippen LogP contribution in [0.4, 0.5) is 0 Å². The van der Waals surface area contributed by atoms with Gasteiger partial charge in [0.15, 0.2) is 5.76 Å². The Hall–Kier alpha value is -1.65. The molecule has 0 radical (unpaired) electrons. The highest BCUT2D eigenvalue weighted by Gasteiger charge is 2.23. The number of piperidine rings is 1. The highest BCUT2D eigenvalue weighted by Crippen LogP contribution is 2.24. The maximum atomic E-state index is 5.74. The van der Waals surface area contributed by atoms with E-state index in [1.807, 2.05) is 0 Å². The molecule has 1 aromatic heterocycles. The molecule has 4 heteroatoms. The molecule has 0 spiro atoms. The summed E-state index contributed by atoms with van der Waals surface area (Å²) in [5, 5.41) is 4.23. The fourth-order valence-corrected chi connectivity index (χ4v) is 3.24. The highest BCUT2D eigenvalue weighted by molar-refractivity contribution is 5.59. The van der Waals surface area contributed by atoms with E-state index in [-0.39, 0.29) is 0 Å². The third-order valence-electron chi connectivity index (χ3n) is 4.51. The van der Waals surface area contributed by atoms with Gasteiger partial charge in [-0.15, -0.1) is 0 Å². The summed E-state index contributed by atoms with van der Waals surface area (Å²) in [6.07, 6.45) is 4.89. The number of aryl methyl sites for hydroxylation is 1. The topological polar surface area (TPSA) is 55.3 Å². The summed E-state index contributed by atoms with van der Waals surface area (Å²) in [5.41, 5.74) is 9.03. The Morgan fingerprint density at radius 3 is 2.86 bits per heavy atom. The minimum atomic E-state index is 0.590. The molecule has 1 unspecified atom stereocenters. The van der Waals surface area contributed by atoms with E-state index in [1.54, 1.807) is 0 Å². The molecule has 0 amide bonds. The number of aromatic nitrogens is 1. The number of rotatable bonds is 5. The van der Waals surface area contributed by atoms with E-state index in [0.717, 1.165) is 43.1 Å². The largest absolute Gasteiger partial charge is 0.359 e. The second-order valence-corrected chi connectivity index (χ2v) is 6.24. The van der Waals surface area contributed by atoms with Crippen molar-refractivity contribution in [2.24, 2.45) is 5.73 Å². The van der Waals surface area contributed by atoms with Gasteiger partial charge in [0.1, 0.15) is 5.69 Å². The van der Waals surface area contributed by atoms with Crippen LogP contribution in [-0.4, -0.2) is 29.2 Å². The van der Waals surface area contributed by atoms with Crippen molar-refractivity contribution in [3.63, 3.8) is 0 Å². The molecule has 118 valence electrons. The van der Waals surface area contributed by atoms with Crippen molar-refractivity contribution in [3.05, 3.63) is 41.7 Å². The van der Waals surface area contributed by atoms with Crippen LogP contribution in [0, 0.1) is 6.92 Å². The Kier molecular flexibility index (Phi) is 4.90. The van der Waals surface area contributed by atoms with Crippen molar-refractivity contribution in [2.75, 3.05) is 13.1 Å². The van der Waals surface area contributed by atoms with E-state index in [0.29, 0.717) is 6.04 Å². The Bertz CT molecular complexity index is 589. The summed E-state index contributed by atoms with van der Waals surface area (Å²) in [5.74, 6) is 0.944. The molecule has 2 heterocycles. The maximum Gasteiger partial charge on any atom is 0.151 e. The Morgan fingerprint density at radius 2 is 2.09 bits per heavy atom. The zero-order chi connectivity index (χ0) is 15.4. The Morgan fingerprint density at radius 1 is 1.27 bits per heavy atom. The smallest absolute Gasteiger partial charge is 0.151 e. The third kappa shape index (κ3) is 3.57. The van der Waals surface area contributed by atoms with Gasteiger partial charge >= 0.3 is 0 Å². The summed E-state index contributed by atoms with van der Waals surface area (Å²) in [7, 11) is 0. The SMILES string of the molecule is Cc1ccc(-c2cc(CN3CCCCC3CCN)on2)cc1. The summed E-state index contributed by atoms with van der Waals surface area (Å²) >= 11 is 0. The summed E-state index contributed by atoms with van der Waals surface area (Å²) in [4.78, 5) is 2.50. The summed E-state index contributed by atoms with van der Waals surface area (Å²) < 4.78 is 5.56. The number of benzene rings is 1. The van der Waals surface area contributed by atoms with Crippen molar-refractivity contribution in [2.45, 2.75) is 45.2 Å². The minimum absolute atomic E-state index is 0.590. The van der Waals surface area contributed by atoms with Gasteiger partial charge in [-0.3, -0.25) is 4.90 Å². The standard InChI is InChI=1S/C18H25N3O/c1-14-5-7-15(8-6-14)18-12-17(22-20-18)13-21-11-3-2-4-16(21)9-10-19/h5-8,12,16H,2-4,9-11,13,19H2,1H3. The number of likely N-dealkylation sites (tertiary alicyclic amines) is 1. The lowest BCUT2D eigenvalue weighted by Crippen LogP contribution is -2.40. The van der Waals surface area contributed by atoms with E-state index in [1.165, 1.54) is 24.8 Å². The molecule has 2 aromatic rings. The van der Waals surface area contributed by atoms with Crippen LogP contribution in [0.25, 0.3) is 11.3 Å². The molecule has 1 aliphatic heterocycles. The average molecular weight is 299 g/mol.